The Morgan fingerprint density at radius 2 is 1.00 bits per heavy atom. The maximum Gasteiger partial charge on any atom is 1.00 e. The number of nitrogens with two attached hydrogens (primary N) is 1. The van der Waals surface area contributed by atoms with Gasteiger partial charge in [0.1, 0.15) is 0 Å². The number of piperidine rings is 1. The van der Waals surface area contributed by atoms with Gasteiger partial charge >= 0.3 is 18.9 Å². The number of hydrogen-bond donors (Lipinski definition) is 1. The average Bonchev–Trinajstić information content (AvgIpc) is 3.35. The van der Waals surface area contributed by atoms with Gasteiger partial charge in [-0.3, -0.25) is 0 Å². The van der Waals surface area contributed by atoms with Gasteiger partial charge in [0.05, 0.1) is 11.1 Å². The molecule has 1 nitrogen and oxygen atoms in total. The number of rotatable bonds is 4. The maximum atomic E-state index is 14.9. The van der Waals surface area contributed by atoms with Crippen LogP contribution >= 0.6 is 0 Å². The molecule has 242 valence electrons. The van der Waals surface area contributed by atoms with Crippen LogP contribution in [0.2, 0.25) is 0 Å². The number of benzene rings is 3. The first-order valence-electron chi connectivity index (χ1n) is 14.4. The molecule has 46 heavy (non-hydrogen) atoms. The van der Waals surface area contributed by atoms with Crippen molar-refractivity contribution in [1.82, 2.24) is 0 Å². The minimum atomic E-state index is -2.58. The molecule has 0 unspecified atom stereocenters. The molecule has 0 saturated carbocycles. The summed E-state index contributed by atoms with van der Waals surface area (Å²) in [5.74, 6) is -25.0. The molecule has 13 heteroatoms. The van der Waals surface area contributed by atoms with Gasteiger partial charge in [0.25, 0.3) is 0 Å². The zero-order valence-corrected chi connectivity index (χ0v) is 26.5. The Balaban J connectivity index is 0.000000448. The quantitative estimate of drug-likeness (QED) is 0.114. The Labute approximate surface area is 273 Å². The molecule has 5 rings (SSSR count). The van der Waals surface area contributed by atoms with Gasteiger partial charge in [0.15, 0.2) is 64.9 Å². The van der Waals surface area contributed by atoms with Crippen molar-refractivity contribution in [3.05, 3.63) is 94.1 Å². The largest absolute Gasteiger partial charge is 1.00 e. The summed E-state index contributed by atoms with van der Waals surface area (Å²) in [6.07, 6.45) is 4.14. The maximum absolute atomic E-state index is 14.9. The van der Waals surface area contributed by atoms with Crippen molar-refractivity contribution in [3.63, 3.8) is 0 Å². The van der Waals surface area contributed by atoms with Gasteiger partial charge in [0, 0.05) is 12.8 Å². The third kappa shape index (κ3) is 6.90. The van der Waals surface area contributed by atoms with Crippen molar-refractivity contribution < 1.29 is 68.1 Å². The van der Waals surface area contributed by atoms with Crippen LogP contribution in [-0.2, 0) is 0 Å². The fourth-order valence-corrected chi connectivity index (χ4v) is 6.43. The zero-order chi connectivity index (χ0) is 33.8. The Morgan fingerprint density at radius 3 is 1.35 bits per heavy atom. The summed E-state index contributed by atoms with van der Waals surface area (Å²) < 4.78 is 144. The van der Waals surface area contributed by atoms with E-state index in [1.54, 1.807) is 19.9 Å². The van der Waals surface area contributed by atoms with E-state index < -0.39 is 81.3 Å². The molecule has 4 aromatic carbocycles. The van der Waals surface area contributed by atoms with Crippen molar-refractivity contribution in [2.24, 2.45) is 0 Å². The van der Waals surface area contributed by atoms with Gasteiger partial charge < -0.3 is 5.32 Å². The van der Waals surface area contributed by atoms with E-state index in [1.807, 2.05) is 0 Å². The Morgan fingerprint density at radius 1 is 0.630 bits per heavy atom. The van der Waals surface area contributed by atoms with Crippen molar-refractivity contribution in [1.29, 1.82) is 0 Å². The number of halogens is 10. The van der Waals surface area contributed by atoms with Crippen molar-refractivity contribution >= 4 is 33.9 Å². The summed E-state index contributed by atoms with van der Waals surface area (Å²) in [5.41, 5.74) is -2.49. The third-order valence-corrected chi connectivity index (χ3v) is 8.28. The molecule has 0 bridgehead atoms. The van der Waals surface area contributed by atoms with Crippen molar-refractivity contribution in [2.45, 2.75) is 77.8 Å². The Kier molecular flexibility index (Phi) is 11.2. The molecule has 1 aliphatic rings. The first kappa shape index (κ1) is 37.6. The van der Waals surface area contributed by atoms with Crippen LogP contribution in [0.5, 0.6) is 0 Å². The number of quaternary nitrogens is 1. The Bertz CT molecular complexity index is 1620. The smallest absolute Gasteiger partial charge is 0.337 e. The third-order valence-electron chi connectivity index (χ3n) is 8.28. The van der Waals surface area contributed by atoms with Crippen molar-refractivity contribution in [2.75, 3.05) is 0 Å². The van der Waals surface area contributed by atoms with Gasteiger partial charge in [-0.25, -0.2) is 43.9 Å². The molecule has 1 aliphatic heterocycles. The molecule has 1 fully saturated rings. The van der Waals surface area contributed by atoms with Crippen LogP contribution in [0.1, 0.15) is 72.3 Å². The second-order valence-corrected chi connectivity index (χ2v) is 13.1. The fraction of sp³-hybridized carbons (Fsp3) is 0.364. The summed E-state index contributed by atoms with van der Waals surface area (Å²) in [6, 6.07) is 7.04. The molecule has 0 spiro atoms. The van der Waals surface area contributed by atoms with Crippen molar-refractivity contribution in [3.8, 4) is 0 Å². The molecule has 2 N–H and O–H groups in total. The summed E-state index contributed by atoms with van der Waals surface area (Å²) in [7, 11) is 0. The van der Waals surface area contributed by atoms with E-state index in [-0.39, 0.29) is 30.2 Å². The minimum absolute atomic E-state index is 0. The summed E-state index contributed by atoms with van der Waals surface area (Å²) in [5, 5.41) is 2.98. The van der Waals surface area contributed by atoms with Crippen LogP contribution in [0, 0.1) is 58.2 Å². The number of hydrogen-bond acceptors (Lipinski definition) is 0. The zero-order valence-electron chi connectivity index (χ0n) is 26.5. The van der Waals surface area contributed by atoms with E-state index in [9.17, 15) is 43.9 Å². The predicted octanol–water partition coefficient (Wildman–Crippen LogP) is 3.88. The Hall–Kier alpha value is -2.81. The van der Waals surface area contributed by atoms with E-state index in [4.69, 9.17) is 0 Å². The molecular formula is C33H32BF10LiN+. The molecule has 0 radical (unpaired) electrons. The van der Waals surface area contributed by atoms with Crippen LogP contribution in [-0.4, -0.2) is 17.8 Å². The fourth-order valence-electron chi connectivity index (χ4n) is 6.43. The van der Waals surface area contributed by atoms with E-state index in [0.29, 0.717) is 22.0 Å². The van der Waals surface area contributed by atoms with Gasteiger partial charge in [0.2, 0.25) is 0 Å². The second kappa shape index (κ2) is 13.7. The predicted molar refractivity (Wildman–Crippen MR) is 155 cm³/mol. The molecule has 1 heterocycles. The summed E-state index contributed by atoms with van der Waals surface area (Å²) >= 11 is 0. The first-order valence-corrected chi connectivity index (χ1v) is 14.4. The van der Waals surface area contributed by atoms with Gasteiger partial charge in [-0.15, -0.1) is 34.5 Å². The topological polar surface area (TPSA) is 16.6 Å². The minimum Gasteiger partial charge on any atom is -0.337 e. The molecule has 0 atom stereocenters. The summed E-state index contributed by atoms with van der Waals surface area (Å²) in [4.78, 5) is 0. The molecular weight excluding hydrogens is 618 g/mol. The normalized spacial score (nSPS) is 15.4. The van der Waals surface area contributed by atoms with Crippen LogP contribution in [0.3, 0.4) is 0 Å². The van der Waals surface area contributed by atoms with Crippen LogP contribution in [0.15, 0.2) is 30.3 Å². The van der Waals surface area contributed by atoms with Crippen LogP contribution < -0.4 is 40.6 Å². The molecule has 4 aromatic rings. The molecule has 0 aromatic heterocycles. The second-order valence-electron chi connectivity index (χ2n) is 13.1. The summed E-state index contributed by atoms with van der Waals surface area (Å²) in [6.45, 7) is 10.2. The SMILES string of the molecule is CC(C)[c-]1cc(B(c2c(F)c(F)c(F)c(F)c2F)c2c(F)c(F)c(F)c(F)c2F)c2ccccc21.CC1(C)CCCC(C)(C)[NH2+]1.[Li+]. The van der Waals surface area contributed by atoms with E-state index in [2.05, 4.69) is 33.0 Å². The van der Waals surface area contributed by atoms with Gasteiger partial charge in [-0.2, -0.15) is 11.5 Å². The van der Waals surface area contributed by atoms with Gasteiger partial charge in [-0.1, -0.05) is 25.8 Å². The number of fused-ring (bicyclic) bond motifs is 1. The van der Waals surface area contributed by atoms with Crippen LogP contribution in [0.4, 0.5) is 43.9 Å². The monoisotopic (exact) mass is 650 g/mol. The molecule has 0 aliphatic carbocycles. The van der Waals surface area contributed by atoms with Crippen LogP contribution in [0.25, 0.3) is 10.8 Å². The van der Waals surface area contributed by atoms with E-state index >= 15 is 0 Å². The standard InChI is InChI=1S/C24H12BF10.C9H19N.Li/c1-8(2)11-7-12(10-6-4-3-5-9(10)11)25(13-15(26)19(30)23(34)20(31)16(13)27)14-17(28)21(32)24(35)22(33)18(14)29;1-8(2)6-5-7-9(3,4)10-8;/h3-8H,1-2H3;10H,5-7H2,1-4H3;/q-1;;+1/p+1. The van der Waals surface area contributed by atoms with E-state index in [1.165, 1.54) is 43.5 Å². The average molecular weight is 650 g/mol. The molecule has 0 amide bonds. The first-order chi connectivity index (χ1) is 20.8. The van der Waals surface area contributed by atoms with Gasteiger partial charge in [-0.05, 0) is 45.0 Å². The van der Waals surface area contributed by atoms with E-state index in [0.717, 1.165) is 0 Å². The molecule has 1 saturated heterocycles.